The average molecular weight is 422 g/mol. The quantitative estimate of drug-likeness (QED) is 0.722. The Morgan fingerprint density at radius 2 is 2.03 bits per heavy atom. The van der Waals surface area contributed by atoms with Gasteiger partial charge >= 0.3 is 6.18 Å². The van der Waals surface area contributed by atoms with E-state index in [4.69, 9.17) is 0 Å². The van der Waals surface area contributed by atoms with Crippen molar-refractivity contribution in [2.75, 3.05) is 19.6 Å². The summed E-state index contributed by atoms with van der Waals surface area (Å²) < 4.78 is 40.2. The molecule has 1 aliphatic rings. The highest BCUT2D eigenvalue weighted by molar-refractivity contribution is 5.95. The molecule has 3 rings (SSSR count). The first-order chi connectivity index (χ1) is 14.3. The van der Waals surface area contributed by atoms with Crippen molar-refractivity contribution in [2.45, 2.75) is 45.2 Å². The molecule has 2 heterocycles. The number of amides is 2. The molecule has 30 heavy (non-hydrogen) atoms. The second-order valence-corrected chi connectivity index (χ2v) is 7.40. The number of benzene rings is 1. The zero-order chi connectivity index (χ0) is 21.7. The van der Waals surface area contributed by atoms with Gasteiger partial charge in [0, 0.05) is 26.1 Å². The number of hydrogen-bond acceptors (Lipinski definition) is 3. The molecule has 1 aromatic heterocycles. The van der Waals surface area contributed by atoms with Crippen LogP contribution in [0.5, 0.6) is 0 Å². The molecule has 9 heteroatoms. The van der Waals surface area contributed by atoms with Gasteiger partial charge in [0.05, 0.1) is 28.7 Å². The Balaban J connectivity index is 1.59. The van der Waals surface area contributed by atoms with Crippen molar-refractivity contribution >= 4 is 11.8 Å². The summed E-state index contributed by atoms with van der Waals surface area (Å²) in [7, 11) is 0. The van der Waals surface area contributed by atoms with Crippen molar-refractivity contribution in [3.05, 3.63) is 47.3 Å². The maximum absolute atomic E-state index is 13.0. The third-order valence-corrected chi connectivity index (χ3v) is 5.23. The number of nitrogens with one attached hydrogen (secondary N) is 1. The second kappa shape index (κ2) is 9.32. The summed E-state index contributed by atoms with van der Waals surface area (Å²) in [6.07, 6.45) is 1.12. The summed E-state index contributed by atoms with van der Waals surface area (Å²) in [6.45, 7) is 3.39. The van der Waals surface area contributed by atoms with Gasteiger partial charge in [-0.25, -0.2) is 4.68 Å². The zero-order valence-corrected chi connectivity index (χ0v) is 16.8. The molecular weight excluding hydrogens is 397 g/mol. The second-order valence-electron chi connectivity index (χ2n) is 7.40. The number of likely N-dealkylation sites (tertiary alicyclic amines) is 1. The van der Waals surface area contributed by atoms with E-state index < -0.39 is 11.7 Å². The Morgan fingerprint density at radius 1 is 1.23 bits per heavy atom. The predicted octanol–water partition coefficient (Wildman–Crippen LogP) is 3.72. The van der Waals surface area contributed by atoms with Crippen LogP contribution in [0.3, 0.4) is 0 Å². The molecular formula is C21H25F3N4O2. The Hall–Kier alpha value is -2.84. The fraction of sp³-hybridized carbons (Fsp3) is 0.476. The number of halogens is 3. The van der Waals surface area contributed by atoms with Gasteiger partial charge in [0.2, 0.25) is 5.91 Å². The first-order valence-electron chi connectivity index (χ1n) is 10.1. The standard InChI is InChI=1S/C21H25F3N4O2/c1-15-18(14-26-28(15)17-8-5-7-16(13-17)21(22,23)24)20(30)25-10-6-12-27-11-4-2-3-9-19(27)29/h5,7-8,13-14H,2-4,6,9-12H2,1H3,(H,25,30). The van der Waals surface area contributed by atoms with Crippen LogP contribution in [-0.2, 0) is 11.0 Å². The average Bonchev–Trinajstić information content (AvgIpc) is 2.97. The van der Waals surface area contributed by atoms with E-state index in [0.717, 1.165) is 37.9 Å². The Morgan fingerprint density at radius 3 is 2.80 bits per heavy atom. The fourth-order valence-electron chi connectivity index (χ4n) is 3.55. The van der Waals surface area contributed by atoms with Gasteiger partial charge in [0.25, 0.3) is 5.91 Å². The summed E-state index contributed by atoms with van der Waals surface area (Å²) in [6, 6.07) is 4.81. The van der Waals surface area contributed by atoms with Crippen molar-refractivity contribution in [1.29, 1.82) is 0 Å². The van der Waals surface area contributed by atoms with Crippen LogP contribution in [0.1, 0.15) is 53.7 Å². The van der Waals surface area contributed by atoms with E-state index in [0.29, 0.717) is 37.2 Å². The summed E-state index contributed by atoms with van der Waals surface area (Å²) in [5.41, 5.74) is 0.220. The first kappa shape index (κ1) is 21.9. The smallest absolute Gasteiger partial charge is 0.352 e. The van der Waals surface area contributed by atoms with E-state index in [1.54, 1.807) is 6.92 Å². The van der Waals surface area contributed by atoms with Crippen molar-refractivity contribution in [3.8, 4) is 5.69 Å². The van der Waals surface area contributed by atoms with Crippen LogP contribution in [0.4, 0.5) is 13.2 Å². The lowest BCUT2D eigenvalue weighted by atomic mass is 10.2. The Kier molecular flexibility index (Phi) is 6.79. The first-order valence-corrected chi connectivity index (χ1v) is 10.1. The minimum absolute atomic E-state index is 0.164. The molecule has 1 saturated heterocycles. The number of carbonyl (C=O) groups excluding carboxylic acids is 2. The van der Waals surface area contributed by atoms with E-state index in [-0.39, 0.29) is 17.5 Å². The number of carbonyl (C=O) groups is 2. The molecule has 0 unspecified atom stereocenters. The number of aromatic nitrogens is 2. The number of alkyl halides is 3. The maximum Gasteiger partial charge on any atom is 0.416 e. The molecule has 1 N–H and O–H groups in total. The van der Waals surface area contributed by atoms with Crippen LogP contribution in [0, 0.1) is 6.92 Å². The van der Waals surface area contributed by atoms with Gasteiger partial charge in [0.1, 0.15) is 0 Å². The topological polar surface area (TPSA) is 67.2 Å². The van der Waals surface area contributed by atoms with E-state index in [2.05, 4.69) is 10.4 Å². The third kappa shape index (κ3) is 5.20. The minimum atomic E-state index is -4.45. The summed E-state index contributed by atoms with van der Waals surface area (Å²) in [5, 5.41) is 6.89. The van der Waals surface area contributed by atoms with Crippen molar-refractivity contribution < 1.29 is 22.8 Å². The molecule has 162 valence electrons. The summed E-state index contributed by atoms with van der Waals surface area (Å²) >= 11 is 0. The van der Waals surface area contributed by atoms with Crippen LogP contribution in [-0.4, -0.2) is 46.1 Å². The minimum Gasteiger partial charge on any atom is -0.352 e. The molecule has 2 amide bonds. The normalized spacial score (nSPS) is 15.2. The number of nitrogens with zero attached hydrogens (tertiary/aromatic N) is 3. The van der Waals surface area contributed by atoms with Gasteiger partial charge in [-0.05, 0) is 44.4 Å². The van der Waals surface area contributed by atoms with Gasteiger partial charge in [-0.1, -0.05) is 12.5 Å². The van der Waals surface area contributed by atoms with Crippen LogP contribution < -0.4 is 5.32 Å². The fourth-order valence-corrected chi connectivity index (χ4v) is 3.55. The van der Waals surface area contributed by atoms with E-state index in [1.807, 2.05) is 4.90 Å². The molecule has 6 nitrogen and oxygen atoms in total. The van der Waals surface area contributed by atoms with Crippen LogP contribution in [0.15, 0.2) is 30.5 Å². The molecule has 0 bridgehead atoms. The molecule has 1 fully saturated rings. The molecule has 0 radical (unpaired) electrons. The van der Waals surface area contributed by atoms with Gasteiger partial charge in [-0.15, -0.1) is 0 Å². The predicted molar refractivity (Wildman–Crippen MR) is 105 cm³/mol. The molecule has 0 aliphatic carbocycles. The van der Waals surface area contributed by atoms with Gasteiger partial charge in [-0.2, -0.15) is 18.3 Å². The lowest BCUT2D eigenvalue weighted by molar-refractivity contribution is -0.137. The van der Waals surface area contributed by atoms with Crippen molar-refractivity contribution in [1.82, 2.24) is 20.0 Å². The lowest BCUT2D eigenvalue weighted by Crippen LogP contribution is -2.34. The van der Waals surface area contributed by atoms with Crippen LogP contribution >= 0.6 is 0 Å². The molecule has 1 aromatic carbocycles. The number of hydrogen-bond donors (Lipinski definition) is 1. The zero-order valence-electron chi connectivity index (χ0n) is 16.8. The third-order valence-electron chi connectivity index (χ3n) is 5.23. The van der Waals surface area contributed by atoms with Crippen molar-refractivity contribution in [3.63, 3.8) is 0 Å². The molecule has 2 aromatic rings. The molecule has 0 spiro atoms. The largest absolute Gasteiger partial charge is 0.416 e. The van der Waals surface area contributed by atoms with Crippen LogP contribution in [0.25, 0.3) is 5.69 Å². The monoisotopic (exact) mass is 422 g/mol. The van der Waals surface area contributed by atoms with Crippen molar-refractivity contribution in [2.24, 2.45) is 0 Å². The van der Waals surface area contributed by atoms with E-state index >= 15 is 0 Å². The van der Waals surface area contributed by atoms with Gasteiger partial charge < -0.3 is 10.2 Å². The van der Waals surface area contributed by atoms with E-state index in [9.17, 15) is 22.8 Å². The SMILES string of the molecule is Cc1c(C(=O)NCCCN2CCCCCC2=O)cnn1-c1cccc(C(F)(F)F)c1. The molecule has 0 saturated carbocycles. The molecule has 0 atom stereocenters. The maximum atomic E-state index is 13.0. The van der Waals surface area contributed by atoms with Crippen LogP contribution in [0.2, 0.25) is 0 Å². The highest BCUT2D eigenvalue weighted by Gasteiger charge is 2.30. The van der Waals surface area contributed by atoms with Gasteiger partial charge in [-0.3, -0.25) is 9.59 Å². The molecule has 1 aliphatic heterocycles. The van der Waals surface area contributed by atoms with E-state index in [1.165, 1.54) is 23.0 Å². The highest BCUT2D eigenvalue weighted by atomic mass is 19.4. The highest BCUT2D eigenvalue weighted by Crippen LogP contribution is 2.30. The lowest BCUT2D eigenvalue weighted by Gasteiger charge is -2.20. The summed E-state index contributed by atoms with van der Waals surface area (Å²) in [5.74, 6) is -0.176. The summed E-state index contributed by atoms with van der Waals surface area (Å²) in [4.78, 5) is 26.3. The Bertz CT molecular complexity index is 908. The Labute approximate surface area is 173 Å². The van der Waals surface area contributed by atoms with Gasteiger partial charge in [0.15, 0.2) is 0 Å². The number of rotatable bonds is 6.